The van der Waals surface area contributed by atoms with Crippen LogP contribution in [0.5, 0.6) is 0 Å². The molecule has 0 spiro atoms. The number of carbonyl (C=O) groups is 2. The maximum absolute atomic E-state index is 12.0. The second-order valence-corrected chi connectivity index (χ2v) is 4.12. The zero-order chi connectivity index (χ0) is 15.3. The molecule has 1 aromatic rings. The van der Waals surface area contributed by atoms with Gasteiger partial charge >= 0.3 is 0 Å². The molecule has 8 heteroatoms. The largest absolute Gasteiger partial charge is 0.399 e. The first-order chi connectivity index (χ1) is 9.36. The second-order valence-electron chi connectivity index (χ2n) is 4.12. The summed E-state index contributed by atoms with van der Waals surface area (Å²) in [5.41, 5.74) is 5.21. The van der Waals surface area contributed by atoms with Crippen LogP contribution in [0.25, 0.3) is 0 Å². The van der Waals surface area contributed by atoms with E-state index < -0.39 is 16.9 Å². The number of carbonyl (C=O) groups excluding carboxylic acids is 2. The lowest BCUT2D eigenvalue weighted by atomic mass is 10.1. The minimum atomic E-state index is -0.802. The Labute approximate surface area is 115 Å². The minimum absolute atomic E-state index is 0.175. The van der Waals surface area contributed by atoms with Gasteiger partial charge in [-0.2, -0.15) is 0 Å². The molecular formula is C12H16N4O4. The van der Waals surface area contributed by atoms with Gasteiger partial charge in [0.2, 0.25) is 5.91 Å². The molecule has 0 aromatic heterocycles. The van der Waals surface area contributed by atoms with Crippen molar-refractivity contribution in [2.75, 3.05) is 12.3 Å². The first kappa shape index (κ1) is 15.4. The first-order valence-electron chi connectivity index (χ1n) is 5.99. The summed E-state index contributed by atoms with van der Waals surface area (Å²) in [7, 11) is 0. The molecule has 1 rings (SSSR count). The number of hydrogen-bond donors (Lipinski definition) is 3. The molecule has 0 aliphatic rings. The number of benzene rings is 1. The van der Waals surface area contributed by atoms with E-state index in [2.05, 4.69) is 10.6 Å². The van der Waals surface area contributed by atoms with Crippen molar-refractivity contribution in [1.29, 1.82) is 0 Å². The second kappa shape index (κ2) is 6.50. The molecule has 20 heavy (non-hydrogen) atoms. The van der Waals surface area contributed by atoms with E-state index in [-0.39, 0.29) is 22.8 Å². The molecule has 0 heterocycles. The molecule has 4 N–H and O–H groups in total. The van der Waals surface area contributed by atoms with E-state index in [9.17, 15) is 19.7 Å². The Morgan fingerprint density at radius 3 is 2.65 bits per heavy atom. The van der Waals surface area contributed by atoms with Crippen LogP contribution in [0, 0.1) is 10.1 Å². The van der Waals surface area contributed by atoms with Gasteiger partial charge in [0.1, 0.15) is 11.6 Å². The Balaban J connectivity index is 2.95. The van der Waals surface area contributed by atoms with Gasteiger partial charge in [-0.25, -0.2) is 0 Å². The topological polar surface area (TPSA) is 127 Å². The highest BCUT2D eigenvalue weighted by Crippen LogP contribution is 2.21. The standard InChI is InChI=1S/C12H16N4O4/c1-3-14-11(17)7(2)15-12(18)9-6-8(13)4-5-10(9)16(19)20/h4-7H,3,13H2,1-2H3,(H,14,17)(H,15,18). The predicted octanol–water partition coefficient (Wildman–Crippen LogP) is 0.431. The van der Waals surface area contributed by atoms with Crippen LogP contribution in [0.3, 0.4) is 0 Å². The maximum atomic E-state index is 12.0. The number of amides is 2. The summed E-state index contributed by atoms with van der Waals surface area (Å²) in [6.45, 7) is 3.66. The lowest BCUT2D eigenvalue weighted by Crippen LogP contribution is -2.44. The number of likely N-dealkylation sites (N-methyl/N-ethyl adjacent to an activating group) is 1. The van der Waals surface area contributed by atoms with Crippen LogP contribution in [0.15, 0.2) is 18.2 Å². The average molecular weight is 280 g/mol. The van der Waals surface area contributed by atoms with Crippen molar-refractivity contribution in [3.8, 4) is 0 Å². The molecule has 1 atom stereocenters. The van der Waals surface area contributed by atoms with Crippen LogP contribution in [0.4, 0.5) is 11.4 Å². The Morgan fingerprint density at radius 1 is 1.45 bits per heavy atom. The Bertz CT molecular complexity index is 544. The number of nitrogens with zero attached hydrogens (tertiary/aromatic N) is 1. The molecule has 0 bridgehead atoms. The minimum Gasteiger partial charge on any atom is -0.399 e. The molecule has 1 aromatic carbocycles. The number of nitrogen functional groups attached to an aromatic ring is 1. The number of nitro benzene ring substituents is 1. The quantitative estimate of drug-likeness (QED) is 0.409. The van der Waals surface area contributed by atoms with Crippen molar-refractivity contribution in [3.63, 3.8) is 0 Å². The summed E-state index contributed by atoms with van der Waals surface area (Å²) >= 11 is 0. The number of hydrogen-bond acceptors (Lipinski definition) is 5. The molecule has 0 radical (unpaired) electrons. The van der Waals surface area contributed by atoms with Gasteiger partial charge in [0.05, 0.1) is 4.92 Å². The SMILES string of the molecule is CCNC(=O)C(C)NC(=O)c1cc(N)ccc1[N+](=O)[O-]. The van der Waals surface area contributed by atoms with Gasteiger partial charge in [-0.05, 0) is 26.0 Å². The molecule has 0 saturated carbocycles. The normalized spacial score (nSPS) is 11.5. The third-order valence-corrected chi connectivity index (χ3v) is 2.55. The van der Waals surface area contributed by atoms with E-state index in [4.69, 9.17) is 5.73 Å². The van der Waals surface area contributed by atoms with Gasteiger partial charge in [0, 0.05) is 18.3 Å². The highest BCUT2D eigenvalue weighted by molar-refractivity contribution is 6.01. The van der Waals surface area contributed by atoms with Crippen LogP contribution in [-0.2, 0) is 4.79 Å². The van der Waals surface area contributed by atoms with Crippen molar-refractivity contribution in [2.45, 2.75) is 19.9 Å². The van der Waals surface area contributed by atoms with Crippen LogP contribution < -0.4 is 16.4 Å². The lowest BCUT2D eigenvalue weighted by molar-refractivity contribution is -0.385. The fourth-order valence-electron chi connectivity index (χ4n) is 1.56. The highest BCUT2D eigenvalue weighted by Gasteiger charge is 2.23. The summed E-state index contributed by atoms with van der Waals surface area (Å²) in [6.07, 6.45) is 0. The summed E-state index contributed by atoms with van der Waals surface area (Å²) < 4.78 is 0. The number of nitro groups is 1. The van der Waals surface area contributed by atoms with Crippen molar-refractivity contribution in [3.05, 3.63) is 33.9 Å². The summed E-state index contributed by atoms with van der Waals surface area (Å²) in [5.74, 6) is -1.09. The smallest absolute Gasteiger partial charge is 0.282 e. The molecular weight excluding hydrogens is 264 g/mol. The van der Waals surface area contributed by atoms with E-state index in [1.54, 1.807) is 6.92 Å². The van der Waals surface area contributed by atoms with E-state index in [1.807, 2.05) is 0 Å². The summed E-state index contributed by atoms with van der Waals surface area (Å²) in [6, 6.07) is 2.89. The maximum Gasteiger partial charge on any atom is 0.282 e. The molecule has 8 nitrogen and oxygen atoms in total. The third kappa shape index (κ3) is 3.67. The fourth-order valence-corrected chi connectivity index (χ4v) is 1.56. The Hall–Kier alpha value is -2.64. The summed E-state index contributed by atoms with van der Waals surface area (Å²) in [4.78, 5) is 33.7. The van der Waals surface area contributed by atoms with Crippen molar-refractivity contribution < 1.29 is 14.5 Å². The zero-order valence-corrected chi connectivity index (χ0v) is 11.2. The van der Waals surface area contributed by atoms with E-state index >= 15 is 0 Å². The van der Waals surface area contributed by atoms with Crippen LogP contribution in [0.2, 0.25) is 0 Å². The van der Waals surface area contributed by atoms with Crippen LogP contribution >= 0.6 is 0 Å². The molecule has 0 fully saturated rings. The Kier molecular flexibility index (Phi) is 5.01. The van der Waals surface area contributed by atoms with Gasteiger partial charge in [0.15, 0.2) is 0 Å². The van der Waals surface area contributed by atoms with Crippen molar-refractivity contribution in [1.82, 2.24) is 10.6 Å². The monoisotopic (exact) mass is 280 g/mol. The van der Waals surface area contributed by atoms with Gasteiger partial charge < -0.3 is 16.4 Å². The zero-order valence-electron chi connectivity index (χ0n) is 11.2. The van der Waals surface area contributed by atoms with Crippen LogP contribution in [-0.4, -0.2) is 29.3 Å². The van der Waals surface area contributed by atoms with Crippen molar-refractivity contribution >= 4 is 23.2 Å². The molecule has 0 aliphatic carbocycles. The molecule has 2 amide bonds. The van der Waals surface area contributed by atoms with Crippen molar-refractivity contribution in [2.24, 2.45) is 0 Å². The third-order valence-electron chi connectivity index (χ3n) is 2.55. The molecule has 0 saturated heterocycles. The van der Waals surface area contributed by atoms with E-state index in [0.717, 1.165) is 6.07 Å². The number of anilines is 1. The lowest BCUT2D eigenvalue weighted by Gasteiger charge is -2.13. The molecule has 1 unspecified atom stereocenters. The summed E-state index contributed by atoms with van der Waals surface area (Å²) in [5, 5.41) is 15.8. The fraction of sp³-hybridized carbons (Fsp3) is 0.333. The van der Waals surface area contributed by atoms with Gasteiger partial charge in [-0.1, -0.05) is 0 Å². The van der Waals surface area contributed by atoms with Gasteiger partial charge in [-0.15, -0.1) is 0 Å². The average Bonchev–Trinajstić information content (AvgIpc) is 2.38. The van der Waals surface area contributed by atoms with Gasteiger partial charge in [-0.3, -0.25) is 19.7 Å². The first-order valence-corrected chi connectivity index (χ1v) is 5.99. The number of nitrogens with two attached hydrogens (primary N) is 1. The molecule has 0 aliphatic heterocycles. The number of nitrogens with one attached hydrogen (secondary N) is 2. The predicted molar refractivity (Wildman–Crippen MR) is 73.1 cm³/mol. The number of rotatable bonds is 5. The molecule has 108 valence electrons. The van der Waals surface area contributed by atoms with Crippen LogP contribution in [0.1, 0.15) is 24.2 Å². The van der Waals surface area contributed by atoms with E-state index in [0.29, 0.717) is 6.54 Å². The Morgan fingerprint density at radius 2 is 2.10 bits per heavy atom. The van der Waals surface area contributed by atoms with Gasteiger partial charge in [0.25, 0.3) is 11.6 Å². The highest BCUT2D eigenvalue weighted by atomic mass is 16.6. The van der Waals surface area contributed by atoms with E-state index in [1.165, 1.54) is 19.1 Å².